The molecule has 0 radical (unpaired) electrons. The van der Waals surface area contributed by atoms with Crippen molar-refractivity contribution < 1.29 is 80.2 Å². The monoisotopic (exact) mass is 1250 g/mol. The first-order chi connectivity index (χ1) is 41.0. The van der Waals surface area contributed by atoms with Crippen LogP contribution in [0.15, 0.2) is 0 Å². The van der Waals surface area contributed by atoms with Crippen LogP contribution in [0.25, 0.3) is 0 Å². The number of aliphatic hydroxyl groups is 1. The SMILES string of the molecule is CCCCCCCCCCCCCCCCCCCC(=O)O[C@H](COC(=O)CCCCCCCCCCCCCCC(C)C)COP(=O)(O)OC[C@@H](O)COP(=O)(O)OC[C@@H](COC(=O)CCCCCCC)OC(=O)CCCCCCCCCC. The van der Waals surface area contributed by atoms with Crippen LogP contribution >= 0.6 is 15.6 Å². The number of ether oxygens (including phenoxy) is 4. The third kappa shape index (κ3) is 60.7. The highest BCUT2D eigenvalue weighted by Crippen LogP contribution is 2.45. The van der Waals surface area contributed by atoms with Gasteiger partial charge in [0.2, 0.25) is 0 Å². The fourth-order valence-corrected chi connectivity index (χ4v) is 11.5. The average molecular weight is 1260 g/mol. The zero-order valence-electron chi connectivity index (χ0n) is 54.7. The molecule has 504 valence electrons. The van der Waals surface area contributed by atoms with Crippen LogP contribution in [0, 0.1) is 5.92 Å². The van der Waals surface area contributed by atoms with Gasteiger partial charge in [0, 0.05) is 25.7 Å². The summed E-state index contributed by atoms with van der Waals surface area (Å²) in [5, 5.41) is 10.5. The Kier molecular flexibility index (Phi) is 58.3. The minimum atomic E-state index is -4.95. The fraction of sp³-hybridized carbons (Fsp3) is 0.939. The highest BCUT2D eigenvalue weighted by molar-refractivity contribution is 7.47. The number of unbranched alkanes of at least 4 members (excludes halogenated alkanes) is 38. The molecular formula is C66H128O17P2. The predicted molar refractivity (Wildman–Crippen MR) is 340 cm³/mol. The third-order valence-electron chi connectivity index (χ3n) is 15.3. The van der Waals surface area contributed by atoms with E-state index in [9.17, 15) is 43.2 Å². The first-order valence-corrected chi connectivity index (χ1v) is 37.6. The van der Waals surface area contributed by atoms with E-state index < -0.39 is 97.5 Å². The Balaban J connectivity index is 5.14. The normalized spacial score (nSPS) is 14.2. The number of phosphoric acid groups is 2. The molecule has 17 nitrogen and oxygen atoms in total. The molecule has 0 aliphatic carbocycles. The summed E-state index contributed by atoms with van der Waals surface area (Å²) in [5.41, 5.74) is 0. The Morgan fingerprint density at radius 1 is 0.318 bits per heavy atom. The Hall–Kier alpha value is -1.94. The number of rotatable bonds is 66. The summed E-state index contributed by atoms with van der Waals surface area (Å²) in [5.74, 6) is -1.36. The molecule has 85 heavy (non-hydrogen) atoms. The van der Waals surface area contributed by atoms with Gasteiger partial charge in [-0.15, -0.1) is 0 Å². The molecule has 0 aromatic carbocycles. The summed E-state index contributed by atoms with van der Waals surface area (Å²) >= 11 is 0. The van der Waals surface area contributed by atoms with Crippen LogP contribution in [0.4, 0.5) is 0 Å². The van der Waals surface area contributed by atoms with Crippen LogP contribution in [-0.2, 0) is 65.4 Å². The van der Waals surface area contributed by atoms with Crippen LogP contribution < -0.4 is 0 Å². The molecule has 0 aliphatic rings. The van der Waals surface area contributed by atoms with Crippen molar-refractivity contribution in [3.05, 3.63) is 0 Å². The molecule has 0 saturated carbocycles. The van der Waals surface area contributed by atoms with Gasteiger partial charge in [0.15, 0.2) is 12.2 Å². The number of aliphatic hydroxyl groups excluding tert-OH is 1. The molecule has 0 saturated heterocycles. The molecule has 5 atom stereocenters. The summed E-state index contributed by atoms with van der Waals surface area (Å²) in [6, 6.07) is 0. The van der Waals surface area contributed by atoms with Crippen molar-refractivity contribution in [2.75, 3.05) is 39.6 Å². The fourth-order valence-electron chi connectivity index (χ4n) is 9.94. The van der Waals surface area contributed by atoms with Crippen molar-refractivity contribution in [3.63, 3.8) is 0 Å². The highest BCUT2D eigenvalue weighted by Gasteiger charge is 2.30. The first-order valence-electron chi connectivity index (χ1n) is 34.6. The average Bonchev–Trinajstić information content (AvgIpc) is 3.58. The highest BCUT2D eigenvalue weighted by atomic mass is 31.2. The van der Waals surface area contributed by atoms with E-state index in [1.807, 2.05) is 0 Å². The number of hydrogen-bond acceptors (Lipinski definition) is 15. The molecule has 0 aromatic heterocycles. The minimum Gasteiger partial charge on any atom is -0.462 e. The van der Waals surface area contributed by atoms with Crippen molar-refractivity contribution in [1.82, 2.24) is 0 Å². The van der Waals surface area contributed by atoms with Crippen molar-refractivity contribution in [3.8, 4) is 0 Å². The van der Waals surface area contributed by atoms with Crippen LogP contribution in [0.5, 0.6) is 0 Å². The van der Waals surface area contributed by atoms with Crippen LogP contribution in [0.1, 0.15) is 336 Å². The van der Waals surface area contributed by atoms with E-state index in [-0.39, 0.29) is 25.7 Å². The zero-order valence-corrected chi connectivity index (χ0v) is 56.5. The van der Waals surface area contributed by atoms with Gasteiger partial charge in [-0.05, 0) is 31.6 Å². The molecule has 3 N–H and O–H groups in total. The van der Waals surface area contributed by atoms with E-state index in [0.717, 1.165) is 109 Å². The van der Waals surface area contributed by atoms with Gasteiger partial charge in [0.05, 0.1) is 26.4 Å². The molecular weight excluding hydrogens is 1130 g/mol. The van der Waals surface area contributed by atoms with Crippen molar-refractivity contribution >= 4 is 39.5 Å². The van der Waals surface area contributed by atoms with E-state index in [0.29, 0.717) is 25.7 Å². The van der Waals surface area contributed by atoms with Crippen molar-refractivity contribution in [2.24, 2.45) is 5.92 Å². The van der Waals surface area contributed by atoms with Gasteiger partial charge in [-0.3, -0.25) is 37.3 Å². The van der Waals surface area contributed by atoms with Gasteiger partial charge in [0.25, 0.3) is 0 Å². The number of esters is 4. The number of carbonyl (C=O) groups excluding carboxylic acids is 4. The van der Waals surface area contributed by atoms with E-state index >= 15 is 0 Å². The molecule has 0 fully saturated rings. The molecule has 0 spiro atoms. The molecule has 0 bridgehead atoms. The molecule has 0 aliphatic heterocycles. The maximum Gasteiger partial charge on any atom is 0.472 e. The third-order valence-corrected chi connectivity index (χ3v) is 17.2. The summed E-state index contributed by atoms with van der Waals surface area (Å²) < 4.78 is 67.8. The Morgan fingerprint density at radius 3 is 0.800 bits per heavy atom. The number of hydrogen-bond donors (Lipinski definition) is 3. The molecule has 19 heteroatoms. The van der Waals surface area contributed by atoms with Crippen LogP contribution in [-0.4, -0.2) is 96.7 Å². The molecule has 0 aromatic rings. The second-order valence-corrected chi connectivity index (χ2v) is 27.2. The lowest BCUT2D eigenvalue weighted by Gasteiger charge is -2.21. The van der Waals surface area contributed by atoms with Gasteiger partial charge in [-0.25, -0.2) is 9.13 Å². The Labute approximate surface area is 517 Å². The molecule has 2 unspecified atom stereocenters. The van der Waals surface area contributed by atoms with Gasteiger partial charge < -0.3 is 33.8 Å². The lowest BCUT2D eigenvalue weighted by atomic mass is 10.0. The smallest absolute Gasteiger partial charge is 0.462 e. The first kappa shape index (κ1) is 83.1. The standard InChI is InChI=1S/C66H128O17P2/c1-6-9-12-15-17-19-20-21-22-23-24-25-30-33-37-42-47-52-66(71)83-62(56-77-64(69)50-45-40-36-32-29-27-26-28-31-34-39-43-48-59(4)5)58-81-85(74,75)79-54-60(67)53-78-84(72,73)80-57-61(55-76-63(68)49-44-38-14-11-8-3)82-65(70)51-46-41-35-18-16-13-10-7-2/h59-62,67H,6-58H2,1-5H3,(H,72,73)(H,74,75)/t60-,61+,62+/m0/s1. The maximum absolute atomic E-state index is 13.0. The van der Waals surface area contributed by atoms with Gasteiger partial charge >= 0.3 is 39.5 Å². The number of carbonyl (C=O) groups is 4. The Bertz CT molecular complexity index is 1650. The van der Waals surface area contributed by atoms with Crippen molar-refractivity contribution in [2.45, 2.75) is 355 Å². The summed E-state index contributed by atoms with van der Waals surface area (Å²) in [7, 11) is -9.88. The topological polar surface area (TPSA) is 237 Å². The van der Waals surface area contributed by atoms with Gasteiger partial charge in [-0.1, -0.05) is 285 Å². The summed E-state index contributed by atoms with van der Waals surface area (Å²) in [4.78, 5) is 72.0. The predicted octanol–water partition coefficient (Wildman–Crippen LogP) is 18.6. The second kappa shape index (κ2) is 59.7. The van der Waals surface area contributed by atoms with Gasteiger partial charge in [-0.2, -0.15) is 0 Å². The van der Waals surface area contributed by atoms with E-state index in [2.05, 4.69) is 34.6 Å². The molecule has 0 amide bonds. The largest absolute Gasteiger partial charge is 0.472 e. The lowest BCUT2D eigenvalue weighted by Crippen LogP contribution is -2.30. The molecule has 0 rings (SSSR count). The van der Waals surface area contributed by atoms with E-state index in [1.165, 1.54) is 148 Å². The molecule has 0 heterocycles. The minimum absolute atomic E-state index is 0.104. The van der Waals surface area contributed by atoms with Crippen LogP contribution in [0.3, 0.4) is 0 Å². The van der Waals surface area contributed by atoms with Crippen LogP contribution in [0.2, 0.25) is 0 Å². The maximum atomic E-state index is 13.0. The second-order valence-electron chi connectivity index (χ2n) is 24.3. The summed E-state index contributed by atoms with van der Waals surface area (Å²) in [6.45, 7) is 7.11. The summed E-state index contributed by atoms with van der Waals surface area (Å²) in [6.07, 6.45) is 44.9. The van der Waals surface area contributed by atoms with Gasteiger partial charge in [0.1, 0.15) is 19.3 Å². The zero-order chi connectivity index (χ0) is 62.8. The lowest BCUT2D eigenvalue weighted by molar-refractivity contribution is -0.161. The Morgan fingerprint density at radius 2 is 0.541 bits per heavy atom. The quantitative estimate of drug-likeness (QED) is 0.0222. The number of phosphoric ester groups is 2. The van der Waals surface area contributed by atoms with E-state index in [4.69, 9.17) is 37.0 Å². The van der Waals surface area contributed by atoms with E-state index in [1.54, 1.807) is 0 Å². The van der Waals surface area contributed by atoms with Crippen molar-refractivity contribution in [1.29, 1.82) is 0 Å².